The molecule has 1 atom stereocenters. The van der Waals surface area contributed by atoms with E-state index in [1.54, 1.807) is 11.9 Å². The predicted molar refractivity (Wildman–Crippen MR) is 91.6 cm³/mol. The Labute approximate surface area is 143 Å². The fourth-order valence-corrected chi connectivity index (χ4v) is 3.88. The molecule has 3 rings (SSSR count). The third-order valence-electron chi connectivity index (χ3n) is 5.19. The topological polar surface area (TPSA) is 69.6 Å². The molecule has 1 aliphatic heterocycles. The fraction of sp³-hybridized carbons (Fsp3) is 0.579. The summed E-state index contributed by atoms with van der Waals surface area (Å²) in [5, 5.41) is 13.2. The largest absolute Gasteiger partial charge is 0.388 e. The monoisotopic (exact) mass is 330 g/mol. The number of aryl methyl sites for hydroxylation is 2. The lowest BCUT2D eigenvalue weighted by Gasteiger charge is -2.39. The second-order valence-corrected chi connectivity index (χ2v) is 7.13. The summed E-state index contributed by atoms with van der Waals surface area (Å²) < 4.78 is 0. The maximum atomic E-state index is 12.6. The van der Waals surface area contributed by atoms with Crippen LogP contribution < -0.4 is 5.32 Å². The second-order valence-electron chi connectivity index (χ2n) is 7.13. The molecule has 2 aliphatic rings. The van der Waals surface area contributed by atoms with Gasteiger partial charge >= 0.3 is 0 Å². The first-order valence-electron chi connectivity index (χ1n) is 8.80. The van der Waals surface area contributed by atoms with Crippen molar-refractivity contribution in [2.24, 2.45) is 0 Å². The molecule has 2 amide bonds. The Hall–Kier alpha value is -1.88. The van der Waals surface area contributed by atoms with Crippen LogP contribution in [0.5, 0.6) is 0 Å². The Kier molecular flexibility index (Phi) is 4.90. The van der Waals surface area contributed by atoms with Crippen LogP contribution in [-0.2, 0) is 28.9 Å². The van der Waals surface area contributed by atoms with E-state index in [1.807, 2.05) is 6.07 Å². The molecule has 1 unspecified atom stereocenters. The molecule has 130 valence electrons. The first-order chi connectivity index (χ1) is 11.5. The van der Waals surface area contributed by atoms with E-state index in [1.165, 1.54) is 17.5 Å². The van der Waals surface area contributed by atoms with Crippen molar-refractivity contribution >= 4 is 11.8 Å². The van der Waals surface area contributed by atoms with Crippen molar-refractivity contribution in [1.82, 2.24) is 10.2 Å². The van der Waals surface area contributed by atoms with E-state index >= 15 is 0 Å². The van der Waals surface area contributed by atoms with E-state index in [9.17, 15) is 14.7 Å². The van der Waals surface area contributed by atoms with Gasteiger partial charge in [0.1, 0.15) is 0 Å². The highest BCUT2D eigenvalue weighted by Gasteiger charge is 2.36. The quantitative estimate of drug-likeness (QED) is 0.872. The Morgan fingerprint density at radius 1 is 1.25 bits per heavy atom. The van der Waals surface area contributed by atoms with Crippen LogP contribution in [0.3, 0.4) is 0 Å². The molecule has 2 N–H and O–H groups in total. The molecule has 5 nitrogen and oxygen atoms in total. The number of amides is 2. The predicted octanol–water partition coefficient (Wildman–Crippen LogP) is 1.21. The van der Waals surface area contributed by atoms with Crippen LogP contribution >= 0.6 is 0 Å². The molecule has 0 radical (unpaired) electrons. The number of carbonyl (C=O) groups excluding carboxylic acids is 2. The van der Waals surface area contributed by atoms with Gasteiger partial charge in [-0.1, -0.05) is 18.2 Å². The number of β-amino-alcohol motifs (C(OH)–C–C–N with tert-alkyl or cyclic N) is 1. The highest BCUT2D eigenvalue weighted by Crippen LogP contribution is 2.26. The molecular weight excluding hydrogens is 304 g/mol. The van der Waals surface area contributed by atoms with Crippen molar-refractivity contribution in [3.63, 3.8) is 0 Å². The van der Waals surface area contributed by atoms with Gasteiger partial charge in [-0.25, -0.2) is 0 Å². The number of benzene rings is 1. The van der Waals surface area contributed by atoms with Crippen molar-refractivity contribution in [1.29, 1.82) is 0 Å². The molecule has 0 spiro atoms. The third kappa shape index (κ3) is 3.78. The molecule has 24 heavy (non-hydrogen) atoms. The zero-order valence-corrected chi connectivity index (χ0v) is 14.3. The van der Waals surface area contributed by atoms with Gasteiger partial charge in [0.15, 0.2) is 0 Å². The Bertz CT molecular complexity index is 643. The summed E-state index contributed by atoms with van der Waals surface area (Å²) in [5.74, 6) is -0.159. The fourth-order valence-electron chi connectivity index (χ4n) is 3.88. The zero-order chi connectivity index (χ0) is 17.2. The lowest BCUT2D eigenvalue weighted by molar-refractivity contribution is -0.141. The molecule has 0 saturated carbocycles. The van der Waals surface area contributed by atoms with E-state index in [4.69, 9.17) is 0 Å². The molecule has 1 aromatic carbocycles. The number of nitrogens with one attached hydrogen (secondary N) is 1. The normalized spacial score (nSPS) is 23.0. The van der Waals surface area contributed by atoms with Crippen molar-refractivity contribution < 1.29 is 14.7 Å². The molecule has 1 aliphatic carbocycles. The molecule has 1 saturated heterocycles. The van der Waals surface area contributed by atoms with E-state index in [0.29, 0.717) is 19.4 Å². The van der Waals surface area contributed by atoms with Crippen LogP contribution in [0.2, 0.25) is 0 Å². The van der Waals surface area contributed by atoms with Crippen LogP contribution in [0.4, 0.5) is 0 Å². The Balaban J connectivity index is 1.63. The van der Waals surface area contributed by atoms with Crippen molar-refractivity contribution in [3.8, 4) is 0 Å². The second kappa shape index (κ2) is 6.93. The minimum atomic E-state index is -1.11. The highest BCUT2D eigenvalue weighted by molar-refractivity contribution is 5.80. The van der Waals surface area contributed by atoms with Gasteiger partial charge in [-0.15, -0.1) is 0 Å². The zero-order valence-electron chi connectivity index (χ0n) is 14.3. The summed E-state index contributed by atoms with van der Waals surface area (Å²) in [6.45, 7) is 0.893. The third-order valence-corrected chi connectivity index (χ3v) is 5.19. The average molecular weight is 330 g/mol. The molecule has 0 aromatic heterocycles. The summed E-state index contributed by atoms with van der Waals surface area (Å²) in [4.78, 5) is 25.9. The Morgan fingerprint density at radius 3 is 2.83 bits per heavy atom. The number of rotatable bonds is 4. The number of likely N-dealkylation sites (tertiary alicyclic amines) is 1. The molecule has 1 aromatic rings. The average Bonchev–Trinajstić information content (AvgIpc) is 3.02. The number of aliphatic hydroxyl groups is 1. The first-order valence-corrected chi connectivity index (χ1v) is 8.80. The van der Waals surface area contributed by atoms with Gasteiger partial charge in [-0.05, 0) is 48.8 Å². The van der Waals surface area contributed by atoms with E-state index < -0.39 is 5.60 Å². The van der Waals surface area contributed by atoms with Crippen LogP contribution in [0, 0.1) is 0 Å². The number of hydrogen-bond acceptors (Lipinski definition) is 3. The van der Waals surface area contributed by atoms with Gasteiger partial charge in [0.2, 0.25) is 11.8 Å². The lowest BCUT2D eigenvalue weighted by atomic mass is 9.89. The van der Waals surface area contributed by atoms with E-state index in [2.05, 4.69) is 17.4 Å². The van der Waals surface area contributed by atoms with Gasteiger partial charge in [0.05, 0.1) is 18.4 Å². The highest BCUT2D eigenvalue weighted by atomic mass is 16.3. The molecule has 1 fully saturated rings. The minimum absolute atomic E-state index is 0.0305. The number of hydrogen-bond donors (Lipinski definition) is 2. The van der Waals surface area contributed by atoms with E-state index in [0.717, 1.165) is 24.8 Å². The summed E-state index contributed by atoms with van der Waals surface area (Å²) >= 11 is 0. The smallest absolute Gasteiger partial charge is 0.227 e. The summed E-state index contributed by atoms with van der Waals surface area (Å²) in [6.07, 6.45) is 5.14. The maximum Gasteiger partial charge on any atom is 0.227 e. The number of fused-ring (bicyclic) bond motifs is 1. The SMILES string of the molecule is CNC(=O)CC1(O)CCCN(C(=O)Cc2ccc3c(c2)CCC3)C1. The number of nitrogens with zero attached hydrogens (tertiary/aromatic N) is 1. The van der Waals surface area contributed by atoms with Gasteiger partial charge in [0, 0.05) is 20.1 Å². The van der Waals surface area contributed by atoms with Crippen LogP contribution in [0.25, 0.3) is 0 Å². The van der Waals surface area contributed by atoms with Crippen molar-refractivity contribution in [2.75, 3.05) is 20.1 Å². The number of piperidine rings is 1. The van der Waals surface area contributed by atoms with Gasteiger partial charge in [-0.3, -0.25) is 9.59 Å². The van der Waals surface area contributed by atoms with Crippen LogP contribution in [-0.4, -0.2) is 47.6 Å². The van der Waals surface area contributed by atoms with Gasteiger partial charge < -0.3 is 15.3 Å². The molecule has 0 bridgehead atoms. The Morgan fingerprint density at radius 2 is 2.04 bits per heavy atom. The van der Waals surface area contributed by atoms with Crippen LogP contribution in [0.1, 0.15) is 42.4 Å². The summed E-state index contributed by atoms with van der Waals surface area (Å²) in [7, 11) is 1.56. The lowest BCUT2D eigenvalue weighted by Crippen LogP contribution is -2.52. The van der Waals surface area contributed by atoms with Gasteiger partial charge in [0.25, 0.3) is 0 Å². The minimum Gasteiger partial charge on any atom is -0.388 e. The molecular formula is C19H26N2O3. The van der Waals surface area contributed by atoms with Crippen molar-refractivity contribution in [2.45, 2.75) is 50.5 Å². The van der Waals surface area contributed by atoms with Crippen LogP contribution in [0.15, 0.2) is 18.2 Å². The summed E-state index contributed by atoms with van der Waals surface area (Å²) in [5.41, 5.74) is 2.71. The summed E-state index contributed by atoms with van der Waals surface area (Å²) in [6, 6.07) is 6.34. The maximum absolute atomic E-state index is 12.6. The van der Waals surface area contributed by atoms with Gasteiger partial charge in [-0.2, -0.15) is 0 Å². The van der Waals surface area contributed by atoms with E-state index in [-0.39, 0.29) is 24.8 Å². The first kappa shape index (κ1) is 17.0. The number of carbonyl (C=O) groups is 2. The van der Waals surface area contributed by atoms with Crippen molar-refractivity contribution in [3.05, 3.63) is 34.9 Å². The molecule has 1 heterocycles. The molecule has 5 heteroatoms. The standard InChI is InChI=1S/C19H26N2O3/c1-20-17(22)12-19(24)8-3-9-21(13-19)18(23)11-14-6-7-15-4-2-5-16(15)10-14/h6-7,10,24H,2-5,8-9,11-13H2,1H3,(H,20,22).